The standard InChI is InChI=1S/C22H23F3N2O3S/c23-22(24,25)18-10-7-11-19(14-18)27(31(29,30)20-12-5-2-6-13-20)16-21(28)26-15-17-8-3-1-4-9-17/h2,5-8,10-14H,1,3-4,9,15-16H2,(H,26,28). The van der Waals surface area contributed by atoms with Crippen molar-refractivity contribution in [3.8, 4) is 0 Å². The molecular weight excluding hydrogens is 429 g/mol. The number of carbonyl (C=O) groups is 1. The minimum Gasteiger partial charge on any atom is -0.351 e. The van der Waals surface area contributed by atoms with Gasteiger partial charge in [0.2, 0.25) is 5.91 Å². The average Bonchev–Trinajstić information content (AvgIpc) is 2.77. The molecule has 1 N–H and O–H groups in total. The van der Waals surface area contributed by atoms with Gasteiger partial charge in [-0.05, 0) is 56.0 Å². The number of nitrogens with zero attached hydrogens (tertiary/aromatic N) is 1. The molecule has 0 saturated heterocycles. The molecule has 0 bridgehead atoms. The molecule has 1 aliphatic carbocycles. The topological polar surface area (TPSA) is 66.5 Å². The van der Waals surface area contributed by atoms with Crippen molar-refractivity contribution in [2.45, 2.75) is 36.8 Å². The van der Waals surface area contributed by atoms with Gasteiger partial charge in [0.1, 0.15) is 6.54 Å². The van der Waals surface area contributed by atoms with Crippen LogP contribution in [0.4, 0.5) is 18.9 Å². The van der Waals surface area contributed by atoms with Gasteiger partial charge in [-0.15, -0.1) is 0 Å². The summed E-state index contributed by atoms with van der Waals surface area (Å²) in [6.45, 7) is -0.341. The van der Waals surface area contributed by atoms with Gasteiger partial charge in [0.05, 0.1) is 16.1 Å². The van der Waals surface area contributed by atoms with Crippen LogP contribution in [0.5, 0.6) is 0 Å². The number of allylic oxidation sites excluding steroid dienone is 1. The Hall–Kier alpha value is -2.81. The third kappa shape index (κ3) is 5.88. The Bertz CT molecular complexity index is 1050. The molecule has 2 aromatic rings. The van der Waals surface area contributed by atoms with Gasteiger partial charge in [0.15, 0.2) is 0 Å². The third-order valence-corrected chi connectivity index (χ3v) is 6.77. The van der Waals surface area contributed by atoms with E-state index < -0.39 is 34.2 Å². The van der Waals surface area contributed by atoms with Crippen molar-refractivity contribution in [1.29, 1.82) is 0 Å². The highest BCUT2D eigenvalue weighted by Gasteiger charge is 2.33. The van der Waals surface area contributed by atoms with Crippen LogP contribution in [0.1, 0.15) is 31.2 Å². The molecule has 0 radical (unpaired) electrons. The molecule has 0 aliphatic heterocycles. The van der Waals surface area contributed by atoms with Crippen LogP contribution in [0.15, 0.2) is 71.1 Å². The summed E-state index contributed by atoms with van der Waals surface area (Å²) in [5, 5.41) is 2.69. The lowest BCUT2D eigenvalue weighted by Crippen LogP contribution is -2.41. The summed E-state index contributed by atoms with van der Waals surface area (Å²) in [4.78, 5) is 12.4. The van der Waals surface area contributed by atoms with Gasteiger partial charge in [0, 0.05) is 6.54 Å². The summed E-state index contributed by atoms with van der Waals surface area (Å²) < 4.78 is 66.6. The second-order valence-corrected chi connectivity index (χ2v) is 9.12. The predicted molar refractivity (Wildman–Crippen MR) is 112 cm³/mol. The maximum Gasteiger partial charge on any atom is 0.416 e. The number of amides is 1. The molecule has 0 spiro atoms. The van der Waals surface area contributed by atoms with Crippen LogP contribution < -0.4 is 9.62 Å². The maximum atomic E-state index is 13.2. The molecule has 0 saturated carbocycles. The lowest BCUT2D eigenvalue weighted by atomic mass is 10.00. The van der Waals surface area contributed by atoms with Gasteiger partial charge >= 0.3 is 6.18 Å². The van der Waals surface area contributed by atoms with Crippen molar-refractivity contribution in [2.75, 3.05) is 17.4 Å². The first-order valence-corrected chi connectivity index (χ1v) is 11.3. The van der Waals surface area contributed by atoms with E-state index in [1.54, 1.807) is 6.07 Å². The first kappa shape index (κ1) is 22.9. The van der Waals surface area contributed by atoms with E-state index in [9.17, 15) is 26.4 Å². The smallest absolute Gasteiger partial charge is 0.351 e. The molecular formula is C22H23F3N2O3S. The normalized spacial score (nSPS) is 14.6. The predicted octanol–water partition coefficient (Wildman–Crippen LogP) is 4.52. The molecule has 31 heavy (non-hydrogen) atoms. The molecule has 0 unspecified atom stereocenters. The minimum absolute atomic E-state index is 0.116. The first-order chi connectivity index (χ1) is 14.7. The monoisotopic (exact) mass is 452 g/mol. The third-order valence-electron chi connectivity index (χ3n) is 4.98. The Morgan fingerprint density at radius 2 is 1.77 bits per heavy atom. The van der Waals surface area contributed by atoms with E-state index in [1.165, 1.54) is 30.3 Å². The van der Waals surface area contributed by atoms with E-state index in [0.29, 0.717) is 10.8 Å². The van der Waals surface area contributed by atoms with E-state index in [2.05, 4.69) is 11.4 Å². The van der Waals surface area contributed by atoms with Crippen LogP contribution in [0.3, 0.4) is 0 Å². The number of sulfonamides is 1. The van der Waals surface area contributed by atoms with Crippen LogP contribution >= 0.6 is 0 Å². The van der Waals surface area contributed by atoms with Crippen LogP contribution in [0.2, 0.25) is 0 Å². The number of nitrogens with one attached hydrogen (secondary N) is 1. The molecule has 2 aromatic carbocycles. The number of carbonyl (C=O) groups excluding carboxylic acids is 1. The Morgan fingerprint density at radius 3 is 2.42 bits per heavy atom. The molecule has 1 aliphatic rings. The van der Waals surface area contributed by atoms with Gasteiger partial charge < -0.3 is 5.32 Å². The van der Waals surface area contributed by atoms with Gasteiger partial charge in [-0.25, -0.2) is 8.42 Å². The van der Waals surface area contributed by atoms with Crippen molar-refractivity contribution in [2.24, 2.45) is 0 Å². The molecule has 0 atom stereocenters. The zero-order chi connectivity index (χ0) is 22.5. The summed E-state index contributed by atoms with van der Waals surface area (Å²) in [5.74, 6) is -0.594. The van der Waals surface area contributed by atoms with Crippen molar-refractivity contribution in [3.05, 3.63) is 71.8 Å². The van der Waals surface area contributed by atoms with E-state index in [1.807, 2.05) is 0 Å². The SMILES string of the molecule is O=C(CN(c1cccc(C(F)(F)F)c1)S(=O)(=O)c1ccccc1)NCC1=CCCCC1. The molecule has 166 valence electrons. The Balaban J connectivity index is 1.89. The van der Waals surface area contributed by atoms with Crippen molar-refractivity contribution in [3.63, 3.8) is 0 Å². The average molecular weight is 452 g/mol. The van der Waals surface area contributed by atoms with Crippen LogP contribution in [-0.2, 0) is 21.0 Å². The molecule has 1 amide bonds. The summed E-state index contributed by atoms with van der Waals surface area (Å²) >= 11 is 0. The van der Waals surface area contributed by atoms with Gasteiger partial charge in [0.25, 0.3) is 10.0 Å². The number of rotatable bonds is 7. The summed E-state index contributed by atoms with van der Waals surface area (Å²) in [7, 11) is -4.26. The Labute approximate surface area is 179 Å². The summed E-state index contributed by atoms with van der Waals surface area (Å²) in [6.07, 6.45) is 1.32. The first-order valence-electron chi connectivity index (χ1n) is 9.87. The molecule has 0 fully saturated rings. The van der Waals surface area contributed by atoms with Crippen molar-refractivity contribution in [1.82, 2.24) is 5.32 Å². The van der Waals surface area contributed by atoms with E-state index in [-0.39, 0.29) is 10.6 Å². The molecule has 0 heterocycles. The van der Waals surface area contributed by atoms with E-state index in [0.717, 1.165) is 49.5 Å². The van der Waals surface area contributed by atoms with Crippen molar-refractivity contribution < 1.29 is 26.4 Å². The molecule has 3 rings (SSSR count). The van der Waals surface area contributed by atoms with E-state index in [4.69, 9.17) is 0 Å². The number of alkyl halides is 3. The minimum atomic E-state index is -4.64. The van der Waals surface area contributed by atoms with Gasteiger partial charge in [-0.1, -0.05) is 35.9 Å². The number of benzene rings is 2. The zero-order valence-electron chi connectivity index (χ0n) is 16.7. The highest BCUT2D eigenvalue weighted by atomic mass is 32.2. The lowest BCUT2D eigenvalue weighted by Gasteiger charge is -2.25. The zero-order valence-corrected chi connectivity index (χ0v) is 17.5. The Morgan fingerprint density at radius 1 is 1.03 bits per heavy atom. The van der Waals surface area contributed by atoms with Crippen LogP contribution in [0, 0.1) is 0 Å². The fraction of sp³-hybridized carbons (Fsp3) is 0.318. The fourth-order valence-corrected chi connectivity index (χ4v) is 4.77. The van der Waals surface area contributed by atoms with Gasteiger partial charge in [-0.2, -0.15) is 13.2 Å². The van der Waals surface area contributed by atoms with Crippen molar-refractivity contribution >= 4 is 21.6 Å². The number of hydrogen-bond donors (Lipinski definition) is 1. The number of anilines is 1. The van der Waals surface area contributed by atoms with E-state index >= 15 is 0 Å². The molecule has 9 heteroatoms. The summed E-state index contributed by atoms with van der Waals surface area (Å²) in [5.41, 5.74) is -0.159. The second kappa shape index (κ2) is 9.55. The van der Waals surface area contributed by atoms with Gasteiger partial charge in [-0.3, -0.25) is 9.10 Å². The maximum absolute atomic E-state index is 13.2. The quantitative estimate of drug-likeness (QED) is 0.629. The fourth-order valence-electron chi connectivity index (χ4n) is 3.34. The number of hydrogen-bond acceptors (Lipinski definition) is 3. The highest BCUT2D eigenvalue weighted by molar-refractivity contribution is 7.92. The molecule has 0 aromatic heterocycles. The second-order valence-electron chi connectivity index (χ2n) is 7.26. The molecule has 5 nitrogen and oxygen atoms in total. The number of halogens is 3. The Kier molecular flexibility index (Phi) is 7.04. The lowest BCUT2D eigenvalue weighted by molar-refractivity contribution is -0.137. The summed E-state index contributed by atoms with van der Waals surface area (Å²) in [6, 6.07) is 11.3. The highest BCUT2D eigenvalue weighted by Crippen LogP contribution is 2.33. The van der Waals surface area contributed by atoms with Crippen LogP contribution in [0.25, 0.3) is 0 Å². The van der Waals surface area contributed by atoms with Crippen LogP contribution in [-0.4, -0.2) is 27.4 Å². The largest absolute Gasteiger partial charge is 0.416 e.